The Morgan fingerprint density at radius 1 is 0.308 bits per heavy atom. The molecule has 0 unspecified atom stereocenters. The van der Waals surface area contributed by atoms with Gasteiger partial charge < -0.3 is 14.2 Å². The summed E-state index contributed by atoms with van der Waals surface area (Å²) < 4.78 is 16.8. The van der Waals surface area contributed by atoms with Crippen molar-refractivity contribution in [3.63, 3.8) is 0 Å². The molecule has 0 aliphatic rings. The Balaban J connectivity index is 4.42. The van der Waals surface area contributed by atoms with Gasteiger partial charge in [0.25, 0.3) is 0 Å². The topological polar surface area (TPSA) is 78.9 Å². The summed E-state index contributed by atoms with van der Waals surface area (Å²) in [6, 6.07) is 0. The van der Waals surface area contributed by atoms with Crippen molar-refractivity contribution in [1.29, 1.82) is 0 Å². The predicted octanol–water partition coefficient (Wildman–Crippen LogP) is 18.7. The number of hydrogen-bond acceptors (Lipinski definition) is 6. The Bertz CT molecular complexity index is 1140. The van der Waals surface area contributed by atoms with Crippen LogP contribution in [0.5, 0.6) is 0 Å². The van der Waals surface area contributed by atoms with Crippen LogP contribution in [0.15, 0.2) is 48.6 Å². The van der Waals surface area contributed by atoms with Crippen molar-refractivity contribution in [2.24, 2.45) is 0 Å². The molecular weight excluding hydrogens is 805 g/mol. The Morgan fingerprint density at radius 3 is 0.923 bits per heavy atom. The molecule has 0 spiro atoms. The van der Waals surface area contributed by atoms with Crippen molar-refractivity contribution >= 4 is 17.9 Å². The van der Waals surface area contributed by atoms with E-state index in [-0.39, 0.29) is 37.5 Å². The quantitative estimate of drug-likeness (QED) is 0.0262. The lowest BCUT2D eigenvalue weighted by atomic mass is 10.0. The molecule has 0 aliphatic carbocycles. The van der Waals surface area contributed by atoms with Gasteiger partial charge in [-0.3, -0.25) is 14.4 Å². The van der Waals surface area contributed by atoms with Crippen LogP contribution in [0.4, 0.5) is 0 Å². The minimum atomic E-state index is -0.790. The van der Waals surface area contributed by atoms with E-state index < -0.39 is 6.10 Å². The molecule has 1 atom stereocenters. The maximum atomic E-state index is 12.8. The summed E-state index contributed by atoms with van der Waals surface area (Å²) in [6.45, 7) is 6.60. The van der Waals surface area contributed by atoms with E-state index in [1.807, 2.05) is 0 Å². The molecule has 0 aliphatic heterocycles. The molecule has 0 aromatic carbocycles. The second-order valence-electron chi connectivity index (χ2n) is 18.9. The average molecular weight is 911 g/mol. The molecule has 6 nitrogen and oxygen atoms in total. The molecule has 378 valence electrons. The number of carbonyl (C=O) groups excluding carboxylic acids is 3. The van der Waals surface area contributed by atoms with Crippen LogP contribution in [0.25, 0.3) is 0 Å². The second kappa shape index (κ2) is 54.0. The largest absolute Gasteiger partial charge is 0.462 e. The van der Waals surface area contributed by atoms with Crippen LogP contribution in [-0.2, 0) is 28.6 Å². The van der Waals surface area contributed by atoms with Crippen molar-refractivity contribution in [3.05, 3.63) is 48.6 Å². The fourth-order valence-corrected chi connectivity index (χ4v) is 8.08. The van der Waals surface area contributed by atoms with Gasteiger partial charge in [-0.15, -0.1) is 0 Å². The maximum absolute atomic E-state index is 12.8. The molecule has 0 radical (unpaired) electrons. The van der Waals surface area contributed by atoms with Gasteiger partial charge in [0.2, 0.25) is 0 Å². The second-order valence-corrected chi connectivity index (χ2v) is 18.9. The third kappa shape index (κ3) is 52.2. The van der Waals surface area contributed by atoms with Crippen LogP contribution in [0, 0.1) is 0 Å². The molecule has 0 N–H and O–H groups in total. The highest BCUT2D eigenvalue weighted by Gasteiger charge is 2.19. The van der Waals surface area contributed by atoms with E-state index in [9.17, 15) is 14.4 Å². The van der Waals surface area contributed by atoms with Crippen LogP contribution >= 0.6 is 0 Å². The van der Waals surface area contributed by atoms with E-state index in [4.69, 9.17) is 14.2 Å². The van der Waals surface area contributed by atoms with Gasteiger partial charge in [0.15, 0.2) is 6.10 Å². The van der Waals surface area contributed by atoms with Gasteiger partial charge in [-0.25, -0.2) is 0 Å². The number of rotatable bonds is 51. The fourth-order valence-electron chi connectivity index (χ4n) is 8.08. The van der Waals surface area contributed by atoms with Gasteiger partial charge in [0, 0.05) is 19.3 Å². The standard InChI is InChI=1S/C59H106O6/c1-4-7-10-13-16-19-22-25-27-29-31-34-37-40-43-46-49-52-58(61)64-55-56(54-63-57(60)51-48-45-42-39-36-33-24-21-18-15-12-9-6-3)65-59(62)53-50-47-44-41-38-35-32-30-28-26-23-20-17-14-11-8-5-2/h16,19,25,27,31,34,40,43,56H,4-15,17-18,20-24,26,28-30,32-33,35-39,41-42,44-55H2,1-3H3/t56-/m1/s1. The number of carbonyl (C=O) groups is 3. The van der Waals surface area contributed by atoms with Gasteiger partial charge in [-0.05, 0) is 57.8 Å². The molecule has 0 amide bonds. The number of unbranched alkanes of at least 4 members (excludes halogenated alkanes) is 32. The molecular formula is C59H106O6. The number of hydrogen-bond donors (Lipinski definition) is 0. The van der Waals surface area contributed by atoms with E-state index in [0.717, 1.165) is 64.2 Å². The summed E-state index contributed by atoms with van der Waals surface area (Å²) in [5.41, 5.74) is 0. The highest BCUT2D eigenvalue weighted by atomic mass is 16.6. The smallest absolute Gasteiger partial charge is 0.306 e. The van der Waals surface area contributed by atoms with Crippen LogP contribution in [0.3, 0.4) is 0 Å². The van der Waals surface area contributed by atoms with E-state index in [0.29, 0.717) is 19.3 Å². The van der Waals surface area contributed by atoms with Crippen molar-refractivity contribution in [3.8, 4) is 0 Å². The molecule has 0 heterocycles. The molecule has 65 heavy (non-hydrogen) atoms. The van der Waals surface area contributed by atoms with Crippen LogP contribution in [0.2, 0.25) is 0 Å². The lowest BCUT2D eigenvalue weighted by Crippen LogP contribution is -2.30. The first-order valence-electron chi connectivity index (χ1n) is 28.1. The van der Waals surface area contributed by atoms with Gasteiger partial charge in [-0.1, -0.05) is 262 Å². The summed E-state index contributed by atoms with van der Waals surface area (Å²) in [5, 5.41) is 0. The molecule has 0 saturated carbocycles. The Morgan fingerprint density at radius 2 is 0.569 bits per heavy atom. The van der Waals surface area contributed by atoms with Gasteiger partial charge in [0.1, 0.15) is 13.2 Å². The Hall–Kier alpha value is -2.63. The zero-order valence-electron chi connectivity index (χ0n) is 43.3. The molecule has 0 fully saturated rings. The van der Waals surface area contributed by atoms with E-state index in [1.165, 1.54) is 180 Å². The minimum Gasteiger partial charge on any atom is -0.462 e. The Kier molecular flexibility index (Phi) is 51.8. The molecule has 0 saturated heterocycles. The zero-order chi connectivity index (χ0) is 47.2. The molecule has 0 aromatic rings. The average Bonchev–Trinajstić information content (AvgIpc) is 3.30. The van der Waals surface area contributed by atoms with Crippen LogP contribution in [-0.4, -0.2) is 37.2 Å². The first-order chi connectivity index (χ1) is 32.0. The summed E-state index contributed by atoms with van der Waals surface area (Å²) in [4.78, 5) is 38.1. The molecule has 0 bridgehead atoms. The summed E-state index contributed by atoms with van der Waals surface area (Å²) >= 11 is 0. The van der Waals surface area contributed by atoms with Crippen LogP contribution in [0.1, 0.15) is 290 Å². The monoisotopic (exact) mass is 911 g/mol. The SMILES string of the molecule is CCCCCC=CCC=CCC=CCC=CCCCC(=O)OC[C@@H](COC(=O)CCCCCCCCCCCCCCC)OC(=O)CCCCCCCCCCCCCCCCCCC. The first-order valence-corrected chi connectivity index (χ1v) is 28.1. The van der Waals surface area contributed by atoms with Gasteiger partial charge in [0.05, 0.1) is 0 Å². The third-order valence-corrected chi connectivity index (χ3v) is 12.3. The lowest BCUT2D eigenvalue weighted by Gasteiger charge is -2.18. The number of esters is 3. The minimum absolute atomic E-state index is 0.0857. The molecule has 6 heteroatoms. The predicted molar refractivity (Wildman–Crippen MR) is 279 cm³/mol. The normalized spacial score (nSPS) is 12.4. The van der Waals surface area contributed by atoms with Crippen molar-refractivity contribution in [1.82, 2.24) is 0 Å². The highest BCUT2D eigenvalue weighted by molar-refractivity contribution is 5.71. The number of ether oxygens (including phenoxy) is 3. The van der Waals surface area contributed by atoms with Gasteiger partial charge >= 0.3 is 17.9 Å². The fraction of sp³-hybridized carbons (Fsp3) is 0.814. The number of allylic oxidation sites excluding steroid dienone is 8. The molecule has 0 aromatic heterocycles. The van der Waals surface area contributed by atoms with Crippen LogP contribution < -0.4 is 0 Å². The lowest BCUT2D eigenvalue weighted by molar-refractivity contribution is -0.167. The van der Waals surface area contributed by atoms with Crippen molar-refractivity contribution in [2.75, 3.05) is 13.2 Å². The van der Waals surface area contributed by atoms with E-state index in [2.05, 4.69) is 69.4 Å². The summed E-state index contributed by atoms with van der Waals surface area (Å²) in [7, 11) is 0. The summed E-state index contributed by atoms with van der Waals surface area (Å²) in [5.74, 6) is -0.930. The third-order valence-electron chi connectivity index (χ3n) is 12.3. The van der Waals surface area contributed by atoms with E-state index >= 15 is 0 Å². The van der Waals surface area contributed by atoms with Gasteiger partial charge in [-0.2, -0.15) is 0 Å². The maximum Gasteiger partial charge on any atom is 0.306 e. The van der Waals surface area contributed by atoms with E-state index in [1.54, 1.807) is 0 Å². The van der Waals surface area contributed by atoms with Crippen molar-refractivity contribution < 1.29 is 28.6 Å². The highest BCUT2D eigenvalue weighted by Crippen LogP contribution is 2.16. The first kappa shape index (κ1) is 62.4. The summed E-state index contributed by atoms with van der Waals surface area (Å²) in [6.07, 6.45) is 65.3. The van der Waals surface area contributed by atoms with Crippen molar-refractivity contribution in [2.45, 2.75) is 297 Å². The molecule has 0 rings (SSSR count). The Labute approximate surface area is 403 Å². The zero-order valence-corrected chi connectivity index (χ0v) is 43.3.